The van der Waals surface area contributed by atoms with Gasteiger partial charge >= 0.3 is 0 Å². The van der Waals surface area contributed by atoms with Crippen molar-refractivity contribution >= 4 is 0 Å². The Balaban J connectivity index is 2.24. The van der Waals surface area contributed by atoms with E-state index in [-0.39, 0.29) is 5.56 Å². The standard InChI is InChI=1S/C12H16N4O2/c1-16-8-9(7-13-16)10-6-12(17)15-11(14-10)4-3-5-18-2/h6-8H,3-5H2,1-2H3,(H,14,15,17). The Labute approximate surface area is 105 Å². The molecule has 0 saturated carbocycles. The van der Waals surface area contributed by atoms with Crippen LogP contribution in [0.2, 0.25) is 0 Å². The largest absolute Gasteiger partial charge is 0.385 e. The fraction of sp³-hybridized carbons (Fsp3) is 0.417. The first kappa shape index (κ1) is 12.5. The Hall–Kier alpha value is -1.95. The van der Waals surface area contributed by atoms with Gasteiger partial charge in [-0.3, -0.25) is 9.48 Å². The second kappa shape index (κ2) is 5.59. The molecular weight excluding hydrogens is 232 g/mol. The third-order valence-electron chi connectivity index (χ3n) is 2.55. The van der Waals surface area contributed by atoms with Crippen molar-refractivity contribution in [1.82, 2.24) is 19.7 Å². The van der Waals surface area contributed by atoms with Crippen molar-refractivity contribution in [3.05, 3.63) is 34.6 Å². The molecule has 0 unspecified atom stereocenters. The van der Waals surface area contributed by atoms with Crippen LogP contribution >= 0.6 is 0 Å². The Morgan fingerprint density at radius 3 is 3.00 bits per heavy atom. The molecule has 0 spiro atoms. The molecule has 1 N–H and O–H groups in total. The zero-order chi connectivity index (χ0) is 13.0. The number of methoxy groups -OCH3 is 1. The van der Waals surface area contributed by atoms with Crippen molar-refractivity contribution < 1.29 is 4.74 Å². The average Bonchev–Trinajstić information content (AvgIpc) is 2.76. The average molecular weight is 248 g/mol. The number of aromatic amines is 1. The highest BCUT2D eigenvalue weighted by atomic mass is 16.5. The number of aromatic nitrogens is 4. The van der Waals surface area contributed by atoms with Gasteiger partial charge in [0.05, 0.1) is 11.9 Å². The van der Waals surface area contributed by atoms with E-state index in [0.29, 0.717) is 24.5 Å². The van der Waals surface area contributed by atoms with Crippen LogP contribution in [0.3, 0.4) is 0 Å². The summed E-state index contributed by atoms with van der Waals surface area (Å²) in [7, 11) is 3.48. The van der Waals surface area contributed by atoms with E-state index in [2.05, 4.69) is 15.1 Å². The summed E-state index contributed by atoms with van der Waals surface area (Å²) >= 11 is 0. The lowest BCUT2D eigenvalue weighted by atomic mass is 10.2. The van der Waals surface area contributed by atoms with E-state index in [0.717, 1.165) is 12.0 Å². The van der Waals surface area contributed by atoms with Crippen molar-refractivity contribution in [1.29, 1.82) is 0 Å². The maximum atomic E-state index is 11.6. The van der Waals surface area contributed by atoms with Gasteiger partial charge in [-0.1, -0.05) is 0 Å². The van der Waals surface area contributed by atoms with E-state index in [9.17, 15) is 4.79 Å². The molecule has 0 aliphatic carbocycles. The molecule has 0 amide bonds. The normalized spacial score (nSPS) is 10.8. The highest BCUT2D eigenvalue weighted by molar-refractivity contribution is 5.56. The first-order valence-electron chi connectivity index (χ1n) is 5.77. The molecule has 2 aromatic heterocycles. The van der Waals surface area contributed by atoms with E-state index in [1.165, 1.54) is 6.07 Å². The lowest BCUT2D eigenvalue weighted by molar-refractivity contribution is 0.194. The highest BCUT2D eigenvalue weighted by Gasteiger charge is 2.05. The van der Waals surface area contributed by atoms with E-state index in [1.54, 1.807) is 18.0 Å². The quantitative estimate of drug-likeness (QED) is 0.792. The predicted molar refractivity (Wildman–Crippen MR) is 67.3 cm³/mol. The lowest BCUT2D eigenvalue weighted by Crippen LogP contribution is -2.11. The fourth-order valence-corrected chi connectivity index (χ4v) is 1.71. The Morgan fingerprint density at radius 1 is 1.50 bits per heavy atom. The molecule has 0 atom stereocenters. The van der Waals surface area contributed by atoms with Gasteiger partial charge in [-0.2, -0.15) is 5.10 Å². The van der Waals surface area contributed by atoms with Crippen LogP contribution in [-0.4, -0.2) is 33.5 Å². The van der Waals surface area contributed by atoms with Crippen LogP contribution in [0.25, 0.3) is 11.3 Å². The molecule has 0 bridgehead atoms. The van der Waals surface area contributed by atoms with Crippen LogP contribution in [0.1, 0.15) is 12.2 Å². The molecule has 2 aromatic rings. The zero-order valence-corrected chi connectivity index (χ0v) is 10.5. The molecule has 0 saturated heterocycles. The Kier molecular flexibility index (Phi) is 3.88. The van der Waals surface area contributed by atoms with Crippen LogP contribution < -0.4 is 5.56 Å². The molecule has 0 aliphatic rings. The minimum Gasteiger partial charge on any atom is -0.385 e. The smallest absolute Gasteiger partial charge is 0.251 e. The number of hydrogen-bond acceptors (Lipinski definition) is 4. The number of hydrogen-bond donors (Lipinski definition) is 1. The summed E-state index contributed by atoms with van der Waals surface area (Å²) in [5.41, 5.74) is 1.35. The lowest BCUT2D eigenvalue weighted by Gasteiger charge is -2.02. The molecule has 0 aliphatic heterocycles. The van der Waals surface area contributed by atoms with Crippen molar-refractivity contribution in [3.8, 4) is 11.3 Å². The molecule has 0 aromatic carbocycles. The minimum atomic E-state index is -0.142. The van der Waals surface area contributed by atoms with Gasteiger partial charge in [-0.25, -0.2) is 4.98 Å². The summed E-state index contributed by atoms with van der Waals surface area (Å²) < 4.78 is 6.66. The third kappa shape index (κ3) is 3.04. The molecule has 2 rings (SSSR count). The summed E-state index contributed by atoms with van der Waals surface area (Å²) in [6.45, 7) is 0.654. The highest BCUT2D eigenvalue weighted by Crippen LogP contribution is 2.13. The number of nitrogens with zero attached hydrogens (tertiary/aromatic N) is 3. The van der Waals surface area contributed by atoms with Gasteiger partial charge in [0, 0.05) is 45.0 Å². The molecule has 18 heavy (non-hydrogen) atoms. The molecule has 2 heterocycles. The third-order valence-corrected chi connectivity index (χ3v) is 2.55. The van der Waals surface area contributed by atoms with Gasteiger partial charge in [-0.05, 0) is 6.42 Å². The first-order chi connectivity index (χ1) is 8.69. The van der Waals surface area contributed by atoms with Crippen molar-refractivity contribution in [2.24, 2.45) is 7.05 Å². The van der Waals surface area contributed by atoms with Crippen molar-refractivity contribution in [2.75, 3.05) is 13.7 Å². The molecule has 6 heteroatoms. The van der Waals surface area contributed by atoms with Crippen molar-refractivity contribution in [3.63, 3.8) is 0 Å². The number of aryl methyl sites for hydroxylation is 2. The van der Waals surface area contributed by atoms with E-state index in [1.807, 2.05) is 13.2 Å². The van der Waals surface area contributed by atoms with E-state index < -0.39 is 0 Å². The number of H-pyrrole nitrogens is 1. The zero-order valence-electron chi connectivity index (χ0n) is 10.5. The first-order valence-corrected chi connectivity index (χ1v) is 5.77. The maximum absolute atomic E-state index is 11.6. The van der Waals surface area contributed by atoms with Crippen LogP contribution in [-0.2, 0) is 18.2 Å². The summed E-state index contributed by atoms with van der Waals surface area (Å²) in [5.74, 6) is 0.679. The van der Waals surface area contributed by atoms with Crippen LogP contribution in [0.15, 0.2) is 23.3 Å². The SMILES string of the molecule is COCCCc1nc(-c2cnn(C)c2)cc(=O)[nH]1. The summed E-state index contributed by atoms with van der Waals surface area (Å²) in [6, 6.07) is 1.48. The van der Waals surface area contributed by atoms with Gasteiger partial charge in [-0.15, -0.1) is 0 Å². The number of rotatable bonds is 5. The summed E-state index contributed by atoms with van der Waals surface area (Å²) in [5, 5.41) is 4.07. The Bertz CT molecular complexity index is 573. The molecule has 0 fully saturated rings. The van der Waals surface area contributed by atoms with E-state index >= 15 is 0 Å². The van der Waals surface area contributed by atoms with E-state index in [4.69, 9.17) is 4.74 Å². The predicted octanol–water partition coefficient (Wildman–Crippen LogP) is 0.749. The fourth-order valence-electron chi connectivity index (χ4n) is 1.71. The van der Waals surface area contributed by atoms with Gasteiger partial charge in [0.15, 0.2) is 0 Å². The van der Waals surface area contributed by atoms with Crippen molar-refractivity contribution in [2.45, 2.75) is 12.8 Å². The maximum Gasteiger partial charge on any atom is 0.251 e. The molecule has 96 valence electrons. The van der Waals surface area contributed by atoms with Gasteiger partial charge < -0.3 is 9.72 Å². The second-order valence-corrected chi connectivity index (χ2v) is 4.08. The van der Waals surface area contributed by atoms with Crippen LogP contribution in [0, 0.1) is 0 Å². The van der Waals surface area contributed by atoms with Gasteiger partial charge in [0.1, 0.15) is 5.82 Å². The number of nitrogens with one attached hydrogen (secondary N) is 1. The van der Waals surface area contributed by atoms with Crippen LogP contribution in [0.4, 0.5) is 0 Å². The van der Waals surface area contributed by atoms with Gasteiger partial charge in [0.25, 0.3) is 5.56 Å². The monoisotopic (exact) mass is 248 g/mol. The Morgan fingerprint density at radius 2 is 2.33 bits per heavy atom. The second-order valence-electron chi connectivity index (χ2n) is 4.08. The number of ether oxygens (including phenoxy) is 1. The minimum absolute atomic E-state index is 0.142. The molecular formula is C12H16N4O2. The topological polar surface area (TPSA) is 72.8 Å². The summed E-state index contributed by atoms with van der Waals surface area (Å²) in [6.07, 6.45) is 5.05. The van der Waals surface area contributed by atoms with Gasteiger partial charge in [0.2, 0.25) is 0 Å². The molecule has 6 nitrogen and oxygen atoms in total. The molecule has 0 radical (unpaired) electrons. The summed E-state index contributed by atoms with van der Waals surface area (Å²) in [4.78, 5) is 18.7. The van der Waals surface area contributed by atoms with Crippen LogP contribution in [0.5, 0.6) is 0 Å².